The van der Waals surface area contributed by atoms with Crippen LogP contribution in [0.2, 0.25) is 0 Å². The molecule has 1 fully saturated rings. The van der Waals surface area contributed by atoms with E-state index in [9.17, 15) is 4.79 Å². The van der Waals surface area contributed by atoms with Crippen LogP contribution in [0.1, 0.15) is 38.9 Å². The topological polar surface area (TPSA) is 48.4 Å². The molecular weight excluding hydrogens is 496 g/mol. The number of amides is 1. The summed E-state index contributed by atoms with van der Waals surface area (Å²) in [5.41, 5.74) is 5.89. The number of hydrogen-bond donors (Lipinski definition) is 0. The number of carbonyl (C=O) groups excluding carboxylic acids is 1. The van der Waals surface area contributed by atoms with Crippen molar-refractivity contribution in [3.05, 3.63) is 103 Å². The lowest BCUT2D eigenvalue weighted by atomic mass is 10.0. The van der Waals surface area contributed by atoms with E-state index in [0.29, 0.717) is 13.1 Å². The van der Waals surface area contributed by atoms with Gasteiger partial charge in [0.05, 0.1) is 18.3 Å². The maximum atomic E-state index is 12.8. The lowest BCUT2D eigenvalue weighted by molar-refractivity contribution is -0.135. The molecule has 0 aromatic heterocycles. The number of aliphatic imine (C=N–C) groups is 1. The molecular formula is C34H46N4O2. The highest BCUT2D eigenvalue weighted by molar-refractivity contribution is 6.04. The number of rotatable bonds is 6. The van der Waals surface area contributed by atoms with Gasteiger partial charge in [0.2, 0.25) is 0 Å². The average Bonchev–Trinajstić information content (AvgIpc) is 3.02. The monoisotopic (exact) mass is 542 g/mol. The van der Waals surface area contributed by atoms with Crippen molar-refractivity contribution in [2.45, 2.75) is 47.2 Å². The van der Waals surface area contributed by atoms with Crippen LogP contribution >= 0.6 is 0 Å². The van der Waals surface area contributed by atoms with Crippen LogP contribution in [0, 0.1) is 13.8 Å². The molecule has 2 aliphatic heterocycles. The molecule has 40 heavy (non-hydrogen) atoms. The summed E-state index contributed by atoms with van der Waals surface area (Å²) < 4.78 is 5.72. The zero-order valence-corrected chi connectivity index (χ0v) is 24.8. The Hall–Kier alpha value is -3.90. The van der Waals surface area contributed by atoms with Crippen LogP contribution in [0.3, 0.4) is 0 Å². The van der Waals surface area contributed by atoms with Gasteiger partial charge in [-0.05, 0) is 56.2 Å². The first kappa shape index (κ1) is 30.6. The fourth-order valence-electron chi connectivity index (χ4n) is 4.98. The van der Waals surface area contributed by atoms with Crippen LogP contribution in [0.25, 0.3) is 0 Å². The second-order valence-corrected chi connectivity index (χ2v) is 9.67. The molecule has 5 rings (SSSR count). The van der Waals surface area contributed by atoms with Crippen LogP contribution in [-0.2, 0) is 11.3 Å². The van der Waals surface area contributed by atoms with E-state index in [4.69, 9.17) is 9.73 Å². The molecule has 6 heteroatoms. The predicted molar refractivity (Wildman–Crippen MR) is 170 cm³/mol. The van der Waals surface area contributed by atoms with Gasteiger partial charge in [-0.3, -0.25) is 9.69 Å². The van der Waals surface area contributed by atoms with Crippen LogP contribution in [0.15, 0.2) is 90.9 Å². The van der Waals surface area contributed by atoms with Gasteiger partial charge in [-0.1, -0.05) is 67.9 Å². The lowest BCUT2D eigenvalue weighted by Crippen LogP contribution is -2.56. The van der Waals surface area contributed by atoms with E-state index in [2.05, 4.69) is 85.3 Å². The molecule has 0 spiro atoms. The van der Waals surface area contributed by atoms with Crippen molar-refractivity contribution in [2.75, 3.05) is 37.7 Å². The van der Waals surface area contributed by atoms with Gasteiger partial charge in [0.25, 0.3) is 5.91 Å². The van der Waals surface area contributed by atoms with Gasteiger partial charge >= 0.3 is 0 Å². The number of aryl methyl sites for hydroxylation is 2. The second kappa shape index (κ2) is 15.0. The van der Waals surface area contributed by atoms with Crippen molar-refractivity contribution in [1.82, 2.24) is 9.80 Å². The molecule has 6 nitrogen and oxygen atoms in total. The van der Waals surface area contributed by atoms with E-state index in [1.54, 1.807) is 0 Å². The fraction of sp³-hybridized carbons (Fsp3) is 0.353. The van der Waals surface area contributed by atoms with Crippen molar-refractivity contribution in [1.29, 1.82) is 0 Å². The average molecular weight is 543 g/mol. The summed E-state index contributed by atoms with van der Waals surface area (Å²) in [5, 5.41) is 0. The van der Waals surface area contributed by atoms with Crippen molar-refractivity contribution in [2.24, 2.45) is 4.99 Å². The van der Waals surface area contributed by atoms with Crippen molar-refractivity contribution < 1.29 is 11.0 Å². The molecule has 1 atom stereocenters. The highest BCUT2D eigenvalue weighted by Crippen LogP contribution is 2.32. The summed E-state index contributed by atoms with van der Waals surface area (Å²) in [4.78, 5) is 24.6. The Labute approximate surface area is 242 Å². The van der Waals surface area contributed by atoms with E-state index < -0.39 is 0 Å². The third-order valence-electron chi connectivity index (χ3n) is 7.21. The first-order valence-corrected chi connectivity index (χ1v) is 14.2. The van der Waals surface area contributed by atoms with Crippen molar-refractivity contribution >= 4 is 23.1 Å². The molecule has 2 aliphatic rings. The van der Waals surface area contributed by atoms with Crippen LogP contribution in [-0.4, -0.2) is 60.4 Å². The number of ether oxygens (including phenoxy) is 1. The molecule has 3 aromatic carbocycles. The molecule has 0 aliphatic carbocycles. The van der Waals surface area contributed by atoms with Crippen LogP contribution in [0.4, 0.5) is 11.4 Å². The zero-order valence-electron chi connectivity index (χ0n) is 24.8. The summed E-state index contributed by atoms with van der Waals surface area (Å²) in [7, 11) is 0. The molecule has 0 saturated carbocycles. The number of anilines is 1. The Morgan fingerprint density at radius 2 is 1.55 bits per heavy atom. The standard InChI is InChI=1S/C30H34N4O2.C2H6.C2H4.H2/c1-22-12-14-26(15-13-22)36-21-29(35)33-18-16-32(17-19-33)24(3)30-31-27-10-6-5-9-25(27)20-34(30)28-11-7-4-8-23(28)2;2*1-2;/h4-15,24H,16-21H2,1-3H3;1-2H3;1-2H2;1H. The Morgan fingerprint density at radius 1 is 0.925 bits per heavy atom. The highest BCUT2D eigenvalue weighted by atomic mass is 16.5. The summed E-state index contributed by atoms with van der Waals surface area (Å²) in [6.45, 7) is 20.3. The number of carbonyl (C=O) groups is 1. The third-order valence-corrected chi connectivity index (χ3v) is 7.21. The first-order valence-electron chi connectivity index (χ1n) is 14.2. The number of hydrogen-bond acceptors (Lipinski definition) is 5. The number of fused-ring (bicyclic) bond motifs is 1. The minimum absolute atomic E-state index is 0. The number of nitrogens with zero attached hydrogens (tertiary/aromatic N) is 4. The van der Waals surface area contributed by atoms with E-state index in [-0.39, 0.29) is 20.0 Å². The molecule has 3 aromatic rings. The number of para-hydroxylation sites is 2. The maximum absolute atomic E-state index is 12.8. The predicted octanol–water partition coefficient (Wildman–Crippen LogP) is 7.04. The summed E-state index contributed by atoms with van der Waals surface area (Å²) in [6, 6.07) is 24.8. The second-order valence-electron chi connectivity index (χ2n) is 9.67. The van der Waals surface area contributed by atoms with Crippen LogP contribution < -0.4 is 9.64 Å². The van der Waals surface area contributed by atoms with Gasteiger partial charge < -0.3 is 14.5 Å². The molecule has 1 unspecified atom stereocenters. The fourth-order valence-corrected chi connectivity index (χ4v) is 4.98. The van der Waals surface area contributed by atoms with Crippen LogP contribution in [0.5, 0.6) is 5.75 Å². The number of piperazine rings is 1. The quantitative estimate of drug-likeness (QED) is 0.314. The normalized spacial score (nSPS) is 15.4. The first-order chi connectivity index (χ1) is 19.5. The Bertz CT molecular complexity index is 1270. The molecule has 0 N–H and O–H groups in total. The minimum Gasteiger partial charge on any atom is -0.484 e. The summed E-state index contributed by atoms with van der Waals surface area (Å²) in [6.07, 6.45) is 0. The summed E-state index contributed by atoms with van der Waals surface area (Å²) in [5.74, 6) is 1.83. The van der Waals surface area contributed by atoms with E-state index in [0.717, 1.165) is 36.9 Å². The van der Waals surface area contributed by atoms with Gasteiger partial charge in [0.1, 0.15) is 11.6 Å². The zero-order chi connectivity index (χ0) is 29.1. The molecule has 0 radical (unpaired) electrons. The molecule has 214 valence electrons. The van der Waals surface area contributed by atoms with E-state index in [1.807, 2.05) is 49.9 Å². The van der Waals surface area contributed by atoms with Gasteiger partial charge in [0.15, 0.2) is 6.61 Å². The number of amidine groups is 1. The van der Waals surface area contributed by atoms with Crippen molar-refractivity contribution in [3.8, 4) is 5.75 Å². The number of benzene rings is 3. The SMILES string of the molecule is C=C.CC.Cc1ccc(OCC(=O)N2CCN(C(C)C3=Nc4ccccc4CN3c3ccccc3C)CC2)cc1.[HH]. The minimum atomic E-state index is 0. The van der Waals surface area contributed by atoms with Gasteiger partial charge in [-0.2, -0.15) is 0 Å². The third kappa shape index (κ3) is 7.39. The Kier molecular flexibility index (Phi) is 11.5. The van der Waals surface area contributed by atoms with E-state index in [1.165, 1.54) is 22.4 Å². The smallest absolute Gasteiger partial charge is 0.260 e. The molecule has 1 saturated heterocycles. The van der Waals surface area contributed by atoms with Gasteiger partial charge in [0, 0.05) is 33.3 Å². The van der Waals surface area contributed by atoms with Crippen molar-refractivity contribution in [3.63, 3.8) is 0 Å². The summed E-state index contributed by atoms with van der Waals surface area (Å²) >= 11 is 0. The van der Waals surface area contributed by atoms with E-state index >= 15 is 0 Å². The lowest BCUT2D eigenvalue weighted by Gasteiger charge is -2.42. The highest BCUT2D eigenvalue weighted by Gasteiger charge is 2.32. The molecule has 1 amide bonds. The molecule has 2 heterocycles. The van der Waals surface area contributed by atoms with Gasteiger partial charge in [-0.15, -0.1) is 13.2 Å². The Balaban J connectivity index is 0.00000113. The Morgan fingerprint density at radius 3 is 2.23 bits per heavy atom. The van der Waals surface area contributed by atoms with Gasteiger partial charge in [-0.25, -0.2) is 4.99 Å². The maximum Gasteiger partial charge on any atom is 0.260 e. The largest absolute Gasteiger partial charge is 0.484 e. The molecule has 0 bridgehead atoms.